The summed E-state index contributed by atoms with van der Waals surface area (Å²) in [5.41, 5.74) is 5.30. The van der Waals surface area contributed by atoms with Crippen LogP contribution >= 0.6 is 0 Å². The maximum atomic E-state index is 11.0. The van der Waals surface area contributed by atoms with Gasteiger partial charge in [0.25, 0.3) is 0 Å². The van der Waals surface area contributed by atoms with Crippen molar-refractivity contribution >= 4 is 11.9 Å². The monoisotopic (exact) mass is 170 g/mol. The molecule has 1 amide bonds. The van der Waals surface area contributed by atoms with Crippen LogP contribution in [0.2, 0.25) is 0 Å². The van der Waals surface area contributed by atoms with E-state index in [0.29, 0.717) is 0 Å². The maximum absolute atomic E-state index is 11.0. The number of carbonyl (C=O) groups is 2. The molecule has 0 aromatic rings. The summed E-state index contributed by atoms with van der Waals surface area (Å²) in [4.78, 5) is 21.5. The first kappa shape index (κ1) is 8.73. The topological polar surface area (TPSA) is 81.4 Å². The zero-order valence-electron chi connectivity index (χ0n) is 6.45. The molecular formula is C7H10N2O3. The smallest absolute Gasteiger partial charge is 0.331 e. The van der Waals surface area contributed by atoms with Crippen LogP contribution in [-0.2, 0) is 14.3 Å². The molecule has 1 heterocycles. The van der Waals surface area contributed by atoms with Gasteiger partial charge in [-0.2, -0.15) is 0 Å². The van der Waals surface area contributed by atoms with Crippen molar-refractivity contribution in [3.05, 3.63) is 12.7 Å². The lowest BCUT2D eigenvalue weighted by atomic mass is 10.0. The molecule has 0 saturated carbocycles. The highest BCUT2D eigenvalue weighted by Crippen LogP contribution is 2.04. The molecule has 2 atom stereocenters. The van der Waals surface area contributed by atoms with E-state index in [4.69, 9.17) is 5.73 Å². The lowest BCUT2D eigenvalue weighted by Gasteiger charge is -2.31. The second kappa shape index (κ2) is 3.36. The molecule has 1 aliphatic heterocycles. The van der Waals surface area contributed by atoms with Crippen molar-refractivity contribution in [1.82, 2.24) is 5.32 Å². The number of hydrogen-bond donors (Lipinski definition) is 2. The Bertz CT molecular complexity index is 227. The number of nitrogens with two attached hydrogens (primary N) is 1. The average molecular weight is 170 g/mol. The minimum Gasteiger partial charge on any atom is -0.460 e. The minimum atomic E-state index is -0.762. The number of β-lactam (4-membered cyclic amide) rings is 1. The average Bonchev–Trinajstić information content (AvgIpc) is 2.09. The molecule has 1 fully saturated rings. The molecule has 0 spiro atoms. The van der Waals surface area contributed by atoms with Gasteiger partial charge in [0.05, 0.1) is 0 Å². The fourth-order valence-electron chi connectivity index (χ4n) is 0.831. The molecule has 0 aromatic carbocycles. The molecule has 3 N–H and O–H groups in total. The van der Waals surface area contributed by atoms with Gasteiger partial charge in [-0.15, -0.1) is 0 Å². The third-order valence-corrected chi connectivity index (χ3v) is 1.56. The zero-order chi connectivity index (χ0) is 9.14. The summed E-state index contributed by atoms with van der Waals surface area (Å²) < 4.78 is 4.66. The molecule has 1 aliphatic rings. The molecule has 0 radical (unpaired) electrons. The normalized spacial score (nSPS) is 26.9. The number of esters is 1. The Morgan fingerprint density at radius 2 is 2.50 bits per heavy atom. The summed E-state index contributed by atoms with van der Waals surface area (Å²) in [5, 5.41) is 2.33. The fraction of sp³-hybridized carbons (Fsp3) is 0.429. The van der Waals surface area contributed by atoms with Gasteiger partial charge in [-0.1, -0.05) is 12.7 Å². The fourth-order valence-corrected chi connectivity index (χ4v) is 0.831. The Morgan fingerprint density at radius 3 is 2.92 bits per heavy atom. The van der Waals surface area contributed by atoms with E-state index < -0.39 is 18.1 Å². The van der Waals surface area contributed by atoms with E-state index in [1.165, 1.54) is 6.08 Å². The van der Waals surface area contributed by atoms with Crippen LogP contribution in [0.4, 0.5) is 0 Å². The van der Waals surface area contributed by atoms with Gasteiger partial charge in [0.1, 0.15) is 12.6 Å². The lowest BCUT2D eigenvalue weighted by Crippen LogP contribution is -2.70. The van der Waals surface area contributed by atoms with Gasteiger partial charge in [0, 0.05) is 0 Å². The van der Waals surface area contributed by atoms with E-state index in [2.05, 4.69) is 16.6 Å². The Kier molecular flexibility index (Phi) is 2.44. The highest BCUT2D eigenvalue weighted by atomic mass is 16.5. The predicted octanol–water partition coefficient (Wildman–Crippen LogP) is -1.46. The molecule has 0 aliphatic carbocycles. The molecule has 12 heavy (non-hydrogen) atoms. The standard InChI is InChI=1S/C7H10N2O3/c1-2-3-12-7(11)5-4(8)6(10)9-5/h2,4-5H,1,3,8H2,(H,9,10). The molecule has 66 valence electrons. The number of ether oxygens (including phenoxy) is 1. The van der Waals surface area contributed by atoms with Crippen molar-refractivity contribution in [3.8, 4) is 0 Å². The van der Waals surface area contributed by atoms with Crippen molar-refractivity contribution in [2.45, 2.75) is 12.1 Å². The van der Waals surface area contributed by atoms with Crippen molar-refractivity contribution in [3.63, 3.8) is 0 Å². The largest absolute Gasteiger partial charge is 0.460 e. The van der Waals surface area contributed by atoms with E-state index >= 15 is 0 Å². The van der Waals surface area contributed by atoms with E-state index in [1.807, 2.05) is 0 Å². The van der Waals surface area contributed by atoms with E-state index in [9.17, 15) is 9.59 Å². The first-order valence-electron chi connectivity index (χ1n) is 3.50. The third-order valence-electron chi connectivity index (χ3n) is 1.56. The van der Waals surface area contributed by atoms with E-state index in [-0.39, 0.29) is 12.5 Å². The summed E-state index contributed by atoms with van der Waals surface area (Å²) in [6, 6.07) is -1.44. The first-order chi connectivity index (χ1) is 5.66. The second-order valence-electron chi connectivity index (χ2n) is 2.43. The minimum absolute atomic E-state index is 0.137. The molecular weight excluding hydrogens is 160 g/mol. The summed E-state index contributed by atoms with van der Waals surface area (Å²) in [6.45, 7) is 3.51. The molecule has 5 heteroatoms. The van der Waals surface area contributed by atoms with Crippen LogP contribution < -0.4 is 11.1 Å². The van der Waals surface area contributed by atoms with Crippen molar-refractivity contribution in [2.75, 3.05) is 6.61 Å². The van der Waals surface area contributed by atoms with Crippen LogP contribution in [0.25, 0.3) is 0 Å². The number of amides is 1. The highest BCUT2D eigenvalue weighted by Gasteiger charge is 2.42. The Hall–Kier alpha value is -1.36. The van der Waals surface area contributed by atoms with Crippen LogP contribution in [0, 0.1) is 0 Å². The van der Waals surface area contributed by atoms with Gasteiger partial charge in [-0.25, -0.2) is 4.79 Å². The van der Waals surface area contributed by atoms with Gasteiger partial charge < -0.3 is 15.8 Å². The number of rotatable bonds is 3. The Morgan fingerprint density at radius 1 is 1.83 bits per heavy atom. The van der Waals surface area contributed by atoms with Gasteiger partial charge in [0.15, 0.2) is 6.04 Å². The molecule has 5 nitrogen and oxygen atoms in total. The summed E-state index contributed by atoms with van der Waals surface area (Å²) in [7, 11) is 0. The lowest BCUT2D eigenvalue weighted by molar-refractivity contribution is -0.153. The van der Waals surface area contributed by atoms with Gasteiger partial charge in [-0.05, 0) is 0 Å². The summed E-state index contributed by atoms with van der Waals surface area (Å²) >= 11 is 0. The van der Waals surface area contributed by atoms with E-state index in [0.717, 1.165) is 0 Å². The van der Waals surface area contributed by atoms with E-state index in [1.54, 1.807) is 0 Å². The van der Waals surface area contributed by atoms with Gasteiger partial charge in [0.2, 0.25) is 5.91 Å². The van der Waals surface area contributed by atoms with Crippen molar-refractivity contribution < 1.29 is 14.3 Å². The van der Waals surface area contributed by atoms with Gasteiger partial charge in [-0.3, -0.25) is 4.79 Å². The Balaban J connectivity index is 2.34. The van der Waals surface area contributed by atoms with Crippen LogP contribution in [-0.4, -0.2) is 30.6 Å². The van der Waals surface area contributed by atoms with Crippen LogP contribution in [0.15, 0.2) is 12.7 Å². The first-order valence-corrected chi connectivity index (χ1v) is 3.50. The van der Waals surface area contributed by atoms with Crippen LogP contribution in [0.5, 0.6) is 0 Å². The van der Waals surface area contributed by atoms with Crippen LogP contribution in [0.1, 0.15) is 0 Å². The Labute approximate surface area is 69.6 Å². The molecule has 1 saturated heterocycles. The molecule has 0 bridgehead atoms. The maximum Gasteiger partial charge on any atom is 0.331 e. The summed E-state index contributed by atoms with van der Waals surface area (Å²) in [5.74, 6) is -0.836. The van der Waals surface area contributed by atoms with Crippen molar-refractivity contribution in [2.24, 2.45) is 5.73 Å². The number of nitrogens with one attached hydrogen (secondary N) is 1. The molecule has 2 unspecified atom stereocenters. The van der Waals surface area contributed by atoms with Crippen molar-refractivity contribution in [1.29, 1.82) is 0 Å². The number of carbonyl (C=O) groups excluding carboxylic acids is 2. The van der Waals surface area contributed by atoms with Gasteiger partial charge >= 0.3 is 5.97 Å². The third kappa shape index (κ3) is 1.45. The predicted molar refractivity (Wildman–Crippen MR) is 41.1 cm³/mol. The quantitative estimate of drug-likeness (QED) is 0.308. The molecule has 0 aromatic heterocycles. The summed E-state index contributed by atoms with van der Waals surface area (Å²) in [6.07, 6.45) is 1.45. The highest BCUT2D eigenvalue weighted by molar-refractivity contribution is 5.99. The SMILES string of the molecule is C=CCOC(=O)C1NC(=O)C1N. The second-order valence-corrected chi connectivity index (χ2v) is 2.43. The molecule has 1 rings (SSSR count). The number of hydrogen-bond acceptors (Lipinski definition) is 4. The zero-order valence-corrected chi connectivity index (χ0v) is 6.45. The van der Waals surface area contributed by atoms with Crippen LogP contribution in [0.3, 0.4) is 0 Å².